The molecule has 88 valence electrons. The molecule has 1 fully saturated rings. The van der Waals surface area contributed by atoms with Crippen molar-refractivity contribution in [1.82, 2.24) is 4.90 Å². The smallest absolute Gasteiger partial charge is 0.0594 e. The Morgan fingerprint density at radius 2 is 1.88 bits per heavy atom. The van der Waals surface area contributed by atoms with Crippen molar-refractivity contribution < 1.29 is 4.74 Å². The van der Waals surface area contributed by atoms with Crippen LogP contribution in [0.1, 0.15) is 11.6 Å². The number of hydrogen-bond donors (Lipinski definition) is 1. The second-order valence-electron chi connectivity index (χ2n) is 3.95. The van der Waals surface area contributed by atoms with Gasteiger partial charge in [-0.2, -0.15) is 0 Å². The van der Waals surface area contributed by atoms with E-state index < -0.39 is 0 Å². The van der Waals surface area contributed by atoms with Gasteiger partial charge in [-0.15, -0.1) is 0 Å². The Bertz CT molecular complexity index is 322. The lowest BCUT2D eigenvalue weighted by Gasteiger charge is -2.34. The van der Waals surface area contributed by atoms with Crippen LogP contribution < -0.4 is 5.73 Å². The van der Waals surface area contributed by atoms with Crippen molar-refractivity contribution in [1.29, 1.82) is 0 Å². The van der Waals surface area contributed by atoms with Gasteiger partial charge in [0.2, 0.25) is 0 Å². The fourth-order valence-electron chi connectivity index (χ4n) is 2.07. The molecule has 1 aliphatic heterocycles. The van der Waals surface area contributed by atoms with Gasteiger partial charge in [0, 0.05) is 30.7 Å². The van der Waals surface area contributed by atoms with E-state index in [2.05, 4.69) is 17.0 Å². The third-order valence-corrected chi connectivity index (χ3v) is 3.22. The van der Waals surface area contributed by atoms with E-state index in [0.29, 0.717) is 6.54 Å². The number of rotatable bonds is 3. The SMILES string of the molecule is NCC(c1ccc(Cl)cc1)N1CCOCC1. The fourth-order valence-corrected chi connectivity index (χ4v) is 2.20. The molecule has 0 amide bonds. The van der Waals surface area contributed by atoms with Gasteiger partial charge in [0.25, 0.3) is 0 Å². The van der Waals surface area contributed by atoms with E-state index in [9.17, 15) is 0 Å². The first-order valence-electron chi connectivity index (χ1n) is 5.58. The van der Waals surface area contributed by atoms with Gasteiger partial charge in [0.05, 0.1) is 13.2 Å². The quantitative estimate of drug-likeness (QED) is 0.874. The zero-order valence-electron chi connectivity index (χ0n) is 9.23. The lowest BCUT2D eigenvalue weighted by Crippen LogP contribution is -2.41. The Morgan fingerprint density at radius 3 is 2.44 bits per heavy atom. The van der Waals surface area contributed by atoms with Crippen molar-refractivity contribution in [2.45, 2.75) is 6.04 Å². The third-order valence-electron chi connectivity index (χ3n) is 2.96. The van der Waals surface area contributed by atoms with Crippen LogP contribution >= 0.6 is 11.6 Å². The lowest BCUT2D eigenvalue weighted by atomic mass is 10.1. The molecule has 1 atom stereocenters. The number of nitrogens with two attached hydrogens (primary N) is 1. The fraction of sp³-hybridized carbons (Fsp3) is 0.500. The molecule has 0 radical (unpaired) electrons. The molecule has 1 aromatic carbocycles. The second-order valence-corrected chi connectivity index (χ2v) is 4.39. The average Bonchev–Trinajstić information content (AvgIpc) is 2.34. The van der Waals surface area contributed by atoms with Crippen LogP contribution in [0.4, 0.5) is 0 Å². The largest absolute Gasteiger partial charge is 0.379 e. The van der Waals surface area contributed by atoms with Gasteiger partial charge < -0.3 is 10.5 Å². The molecule has 2 rings (SSSR count). The van der Waals surface area contributed by atoms with Gasteiger partial charge in [-0.05, 0) is 17.7 Å². The van der Waals surface area contributed by atoms with Crippen LogP contribution in [0.2, 0.25) is 5.02 Å². The first-order chi connectivity index (χ1) is 7.81. The van der Waals surface area contributed by atoms with Crippen molar-refractivity contribution in [3.05, 3.63) is 34.9 Å². The minimum atomic E-state index is 0.279. The number of ether oxygens (including phenoxy) is 1. The van der Waals surface area contributed by atoms with Crippen LogP contribution in [-0.4, -0.2) is 37.7 Å². The van der Waals surface area contributed by atoms with Crippen LogP contribution in [0, 0.1) is 0 Å². The second kappa shape index (κ2) is 5.64. The number of hydrogen-bond acceptors (Lipinski definition) is 3. The monoisotopic (exact) mass is 240 g/mol. The van der Waals surface area contributed by atoms with Gasteiger partial charge in [-0.1, -0.05) is 23.7 Å². The van der Waals surface area contributed by atoms with Crippen LogP contribution in [-0.2, 0) is 4.74 Å². The maximum atomic E-state index is 5.88. The highest BCUT2D eigenvalue weighted by atomic mass is 35.5. The summed E-state index contributed by atoms with van der Waals surface area (Å²) in [4.78, 5) is 2.37. The maximum absolute atomic E-state index is 5.88. The molecule has 1 aromatic rings. The molecule has 0 aromatic heterocycles. The topological polar surface area (TPSA) is 38.5 Å². The summed E-state index contributed by atoms with van der Waals surface area (Å²) in [6.45, 7) is 4.12. The predicted octanol–water partition coefficient (Wildman–Crippen LogP) is 1.67. The van der Waals surface area contributed by atoms with E-state index in [1.165, 1.54) is 5.56 Å². The van der Waals surface area contributed by atoms with Gasteiger partial charge in [-0.25, -0.2) is 0 Å². The summed E-state index contributed by atoms with van der Waals surface area (Å²) in [5, 5.41) is 0.765. The maximum Gasteiger partial charge on any atom is 0.0594 e. The van der Waals surface area contributed by atoms with Crippen molar-refractivity contribution in [3.63, 3.8) is 0 Å². The summed E-state index contributed by atoms with van der Waals surface area (Å²) >= 11 is 5.88. The van der Waals surface area contributed by atoms with Crippen molar-refractivity contribution in [2.24, 2.45) is 5.73 Å². The van der Waals surface area contributed by atoms with E-state index in [1.807, 2.05) is 12.1 Å². The Balaban J connectivity index is 2.11. The highest BCUT2D eigenvalue weighted by molar-refractivity contribution is 6.30. The Hall–Kier alpha value is -0.610. The molecule has 2 N–H and O–H groups in total. The Labute approximate surface area is 101 Å². The number of nitrogens with zero attached hydrogens (tertiary/aromatic N) is 1. The minimum absolute atomic E-state index is 0.279. The summed E-state index contributed by atoms with van der Waals surface area (Å²) in [5.41, 5.74) is 7.09. The Morgan fingerprint density at radius 1 is 1.25 bits per heavy atom. The van der Waals surface area contributed by atoms with Crippen LogP contribution in [0.15, 0.2) is 24.3 Å². The number of morpholine rings is 1. The molecule has 0 aliphatic carbocycles. The van der Waals surface area contributed by atoms with Crippen LogP contribution in [0.5, 0.6) is 0 Å². The molecule has 0 bridgehead atoms. The summed E-state index contributed by atoms with van der Waals surface area (Å²) in [5.74, 6) is 0. The van der Waals surface area contributed by atoms with Crippen LogP contribution in [0.3, 0.4) is 0 Å². The van der Waals surface area contributed by atoms with E-state index in [1.54, 1.807) is 0 Å². The first-order valence-corrected chi connectivity index (χ1v) is 5.96. The molecule has 1 aliphatic rings. The van der Waals surface area contributed by atoms with Crippen LogP contribution in [0.25, 0.3) is 0 Å². The minimum Gasteiger partial charge on any atom is -0.379 e. The zero-order valence-corrected chi connectivity index (χ0v) is 9.99. The molecule has 4 heteroatoms. The molecular formula is C12H17ClN2O. The number of halogens is 1. The highest BCUT2D eigenvalue weighted by Gasteiger charge is 2.20. The number of benzene rings is 1. The molecule has 16 heavy (non-hydrogen) atoms. The van der Waals surface area contributed by atoms with Gasteiger partial charge >= 0.3 is 0 Å². The summed E-state index contributed by atoms with van der Waals surface area (Å²) in [7, 11) is 0. The van der Waals surface area contributed by atoms with E-state index >= 15 is 0 Å². The normalized spacial score (nSPS) is 19.6. The molecule has 3 nitrogen and oxygen atoms in total. The van der Waals surface area contributed by atoms with E-state index in [0.717, 1.165) is 31.3 Å². The van der Waals surface area contributed by atoms with E-state index in [-0.39, 0.29) is 6.04 Å². The van der Waals surface area contributed by atoms with Gasteiger partial charge in [-0.3, -0.25) is 4.90 Å². The molecule has 0 spiro atoms. The summed E-state index contributed by atoms with van der Waals surface area (Å²) in [6, 6.07) is 8.21. The lowest BCUT2D eigenvalue weighted by molar-refractivity contribution is 0.0179. The predicted molar refractivity (Wildman–Crippen MR) is 65.6 cm³/mol. The first kappa shape index (κ1) is 11.9. The molecule has 0 saturated carbocycles. The Kier molecular flexibility index (Phi) is 4.18. The molecule has 1 heterocycles. The highest BCUT2D eigenvalue weighted by Crippen LogP contribution is 2.22. The summed E-state index contributed by atoms with van der Waals surface area (Å²) in [6.07, 6.45) is 0. The van der Waals surface area contributed by atoms with Gasteiger partial charge in [0.15, 0.2) is 0 Å². The molecule has 1 saturated heterocycles. The standard InChI is InChI=1S/C12H17ClN2O/c13-11-3-1-10(2-4-11)12(9-14)15-5-7-16-8-6-15/h1-4,12H,5-9,14H2. The summed E-state index contributed by atoms with van der Waals surface area (Å²) < 4.78 is 5.35. The zero-order chi connectivity index (χ0) is 11.4. The average molecular weight is 241 g/mol. The van der Waals surface area contributed by atoms with Crippen molar-refractivity contribution in [3.8, 4) is 0 Å². The van der Waals surface area contributed by atoms with Crippen molar-refractivity contribution >= 4 is 11.6 Å². The molecular weight excluding hydrogens is 224 g/mol. The van der Waals surface area contributed by atoms with Crippen molar-refractivity contribution in [2.75, 3.05) is 32.8 Å². The third kappa shape index (κ3) is 2.74. The van der Waals surface area contributed by atoms with E-state index in [4.69, 9.17) is 22.1 Å². The van der Waals surface area contributed by atoms with Gasteiger partial charge in [0.1, 0.15) is 0 Å². The molecule has 1 unspecified atom stereocenters.